The summed E-state index contributed by atoms with van der Waals surface area (Å²) < 4.78 is 0. The third kappa shape index (κ3) is 2.42. The molecule has 0 spiro atoms. The second kappa shape index (κ2) is 6.07. The minimum absolute atomic E-state index is 0.446. The number of phenols is 1. The molecule has 0 amide bonds. The van der Waals surface area contributed by atoms with Gasteiger partial charge < -0.3 is 5.11 Å². The van der Waals surface area contributed by atoms with Gasteiger partial charge in [0.25, 0.3) is 0 Å². The average Bonchev–Trinajstić information content (AvgIpc) is 2.92. The first-order valence-corrected chi connectivity index (χ1v) is 10.4. The Morgan fingerprint density at radius 1 is 1.21 bits per heavy atom. The summed E-state index contributed by atoms with van der Waals surface area (Å²) >= 11 is 0. The van der Waals surface area contributed by atoms with Gasteiger partial charge in [0, 0.05) is 0 Å². The molecule has 0 saturated heterocycles. The highest BCUT2D eigenvalue weighted by Gasteiger charge is 2.55. The molecule has 1 N–H and O–H groups in total. The molecule has 132 valence electrons. The van der Waals surface area contributed by atoms with Crippen molar-refractivity contribution < 1.29 is 5.11 Å². The number of phenolic OH excluding ortho intramolecular Hbond substituents is 1. The van der Waals surface area contributed by atoms with Crippen molar-refractivity contribution in [1.82, 2.24) is 0 Å². The van der Waals surface area contributed by atoms with Gasteiger partial charge in [0.05, 0.1) is 0 Å². The number of aromatic hydroxyl groups is 1. The lowest BCUT2D eigenvalue weighted by atomic mass is 9.53. The second-order valence-electron chi connectivity index (χ2n) is 9.29. The normalized spacial score (nSPS) is 39.0. The van der Waals surface area contributed by atoms with Gasteiger partial charge in [-0.25, -0.2) is 0 Å². The molecule has 2 saturated carbocycles. The van der Waals surface area contributed by atoms with Crippen LogP contribution in [0.1, 0.15) is 82.8 Å². The van der Waals surface area contributed by atoms with E-state index in [2.05, 4.69) is 26.8 Å². The van der Waals surface area contributed by atoms with Crippen LogP contribution in [0.15, 0.2) is 18.2 Å². The van der Waals surface area contributed by atoms with Crippen molar-refractivity contribution in [2.24, 2.45) is 29.1 Å². The molecule has 1 unspecified atom stereocenters. The zero-order chi connectivity index (χ0) is 16.9. The van der Waals surface area contributed by atoms with E-state index in [4.69, 9.17) is 0 Å². The fourth-order valence-corrected chi connectivity index (χ4v) is 7.20. The van der Waals surface area contributed by atoms with E-state index in [0.29, 0.717) is 11.2 Å². The van der Waals surface area contributed by atoms with Crippen molar-refractivity contribution in [3.05, 3.63) is 29.3 Å². The molecule has 6 atom stereocenters. The van der Waals surface area contributed by atoms with Crippen molar-refractivity contribution in [3.8, 4) is 5.75 Å². The highest BCUT2D eigenvalue weighted by atomic mass is 16.3. The lowest BCUT2D eigenvalue weighted by Crippen LogP contribution is -2.43. The molecule has 1 aromatic carbocycles. The van der Waals surface area contributed by atoms with E-state index in [1.807, 2.05) is 12.1 Å². The van der Waals surface area contributed by atoms with Gasteiger partial charge in [-0.1, -0.05) is 39.7 Å². The monoisotopic (exact) mass is 326 g/mol. The van der Waals surface area contributed by atoms with Crippen LogP contribution < -0.4 is 0 Å². The van der Waals surface area contributed by atoms with Crippen LogP contribution in [0.4, 0.5) is 0 Å². The molecule has 2 fully saturated rings. The Balaban J connectivity index is 1.61. The van der Waals surface area contributed by atoms with Crippen LogP contribution in [0.2, 0.25) is 0 Å². The van der Waals surface area contributed by atoms with Crippen LogP contribution in [0.5, 0.6) is 5.75 Å². The van der Waals surface area contributed by atoms with E-state index < -0.39 is 0 Å². The van der Waals surface area contributed by atoms with Crippen molar-refractivity contribution in [1.29, 1.82) is 0 Å². The maximum Gasteiger partial charge on any atom is 0.115 e. The van der Waals surface area contributed by atoms with E-state index in [-0.39, 0.29) is 0 Å². The van der Waals surface area contributed by atoms with Gasteiger partial charge in [0.1, 0.15) is 5.75 Å². The summed E-state index contributed by atoms with van der Waals surface area (Å²) in [5.41, 5.74) is 3.58. The Bertz CT molecular complexity index is 606. The summed E-state index contributed by atoms with van der Waals surface area (Å²) in [6, 6.07) is 6.17. The molecule has 4 rings (SSSR count). The fourth-order valence-electron chi connectivity index (χ4n) is 7.20. The Labute approximate surface area is 147 Å². The van der Waals surface area contributed by atoms with E-state index in [1.165, 1.54) is 56.9 Å². The summed E-state index contributed by atoms with van der Waals surface area (Å²) in [4.78, 5) is 0. The minimum Gasteiger partial charge on any atom is -0.508 e. The minimum atomic E-state index is 0.446. The molecule has 1 heteroatoms. The van der Waals surface area contributed by atoms with E-state index in [1.54, 1.807) is 5.56 Å². The molecule has 0 aliphatic heterocycles. The number of rotatable bonds is 3. The number of hydrogen-bond acceptors (Lipinski definition) is 1. The number of aryl methyl sites for hydroxylation is 1. The van der Waals surface area contributed by atoms with Crippen molar-refractivity contribution in [3.63, 3.8) is 0 Å². The predicted molar refractivity (Wildman–Crippen MR) is 100 cm³/mol. The molecule has 1 aromatic rings. The van der Waals surface area contributed by atoms with Crippen LogP contribution in [0, 0.1) is 29.1 Å². The Morgan fingerprint density at radius 3 is 2.83 bits per heavy atom. The smallest absolute Gasteiger partial charge is 0.115 e. The molecule has 0 heterocycles. The Hall–Kier alpha value is -0.980. The lowest BCUT2D eigenvalue weighted by Gasteiger charge is -2.52. The molecule has 0 bridgehead atoms. The summed E-state index contributed by atoms with van der Waals surface area (Å²) in [5, 5.41) is 9.82. The van der Waals surface area contributed by atoms with Gasteiger partial charge in [0.2, 0.25) is 0 Å². The highest BCUT2D eigenvalue weighted by Crippen LogP contribution is 2.64. The molecule has 0 aromatic heterocycles. The Morgan fingerprint density at radius 2 is 2.04 bits per heavy atom. The standard InChI is InChI=1S/C23H34O/c1-4-5-15(2)21-10-11-22-20-8-6-16-14-17(24)7-9-18(16)19(20)12-13-23(21,22)3/h7,9,14-15,19-22,24H,4-6,8,10-13H2,1-3H3/t15?,19-,20-,21-,22+,23-/m1/s1. The lowest BCUT2D eigenvalue weighted by molar-refractivity contribution is 0.0100. The zero-order valence-electron chi connectivity index (χ0n) is 15.7. The summed E-state index contributed by atoms with van der Waals surface area (Å²) in [6.45, 7) is 7.51. The summed E-state index contributed by atoms with van der Waals surface area (Å²) in [5.74, 6) is 4.87. The van der Waals surface area contributed by atoms with Gasteiger partial charge >= 0.3 is 0 Å². The molecule has 1 nitrogen and oxygen atoms in total. The van der Waals surface area contributed by atoms with E-state index in [0.717, 1.165) is 29.6 Å². The summed E-state index contributed by atoms with van der Waals surface area (Å²) in [7, 11) is 0. The first-order valence-electron chi connectivity index (χ1n) is 10.4. The van der Waals surface area contributed by atoms with Crippen molar-refractivity contribution >= 4 is 0 Å². The number of benzene rings is 1. The molecular weight excluding hydrogens is 292 g/mol. The number of fused-ring (bicyclic) bond motifs is 5. The summed E-state index contributed by atoms with van der Waals surface area (Å²) in [6.07, 6.45) is 11.0. The Kier molecular flexibility index (Phi) is 4.17. The van der Waals surface area contributed by atoms with Crippen LogP contribution in [-0.2, 0) is 6.42 Å². The van der Waals surface area contributed by atoms with Crippen molar-refractivity contribution in [2.45, 2.75) is 78.1 Å². The first kappa shape index (κ1) is 16.5. The fraction of sp³-hybridized carbons (Fsp3) is 0.739. The third-order valence-electron chi connectivity index (χ3n) is 8.21. The second-order valence-corrected chi connectivity index (χ2v) is 9.29. The first-order chi connectivity index (χ1) is 11.5. The van der Waals surface area contributed by atoms with Crippen LogP contribution in [-0.4, -0.2) is 5.11 Å². The number of hydrogen-bond donors (Lipinski definition) is 1. The average molecular weight is 327 g/mol. The SMILES string of the molecule is CCCC(C)[C@H]1CC[C@H]2[C@@H]3CCc4cc(O)ccc4[C@H]3CC[C@]12C. The van der Waals surface area contributed by atoms with E-state index in [9.17, 15) is 5.11 Å². The quantitative estimate of drug-likeness (QED) is 0.691. The maximum atomic E-state index is 9.82. The topological polar surface area (TPSA) is 20.2 Å². The van der Waals surface area contributed by atoms with Gasteiger partial charge in [-0.05, 0) is 96.8 Å². The predicted octanol–water partition coefficient (Wildman–Crippen LogP) is 6.30. The van der Waals surface area contributed by atoms with Gasteiger partial charge in [-0.2, -0.15) is 0 Å². The molecule has 3 aliphatic carbocycles. The third-order valence-corrected chi connectivity index (χ3v) is 8.21. The van der Waals surface area contributed by atoms with Gasteiger partial charge in [-0.15, -0.1) is 0 Å². The molecule has 3 aliphatic rings. The molecule has 24 heavy (non-hydrogen) atoms. The van der Waals surface area contributed by atoms with Crippen LogP contribution >= 0.6 is 0 Å². The van der Waals surface area contributed by atoms with Crippen LogP contribution in [0.3, 0.4) is 0 Å². The van der Waals surface area contributed by atoms with E-state index >= 15 is 0 Å². The molecule has 0 radical (unpaired) electrons. The van der Waals surface area contributed by atoms with Crippen molar-refractivity contribution in [2.75, 3.05) is 0 Å². The van der Waals surface area contributed by atoms with Gasteiger partial charge in [-0.3, -0.25) is 0 Å². The molecular formula is C23H34O. The van der Waals surface area contributed by atoms with Crippen LogP contribution in [0.25, 0.3) is 0 Å². The maximum absolute atomic E-state index is 9.82. The highest BCUT2D eigenvalue weighted by molar-refractivity contribution is 5.40. The largest absolute Gasteiger partial charge is 0.508 e. The van der Waals surface area contributed by atoms with Gasteiger partial charge in [0.15, 0.2) is 0 Å². The zero-order valence-corrected chi connectivity index (χ0v) is 15.7.